The minimum atomic E-state index is -0.0589. The number of aryl methyl sites for hydroxylation is 1. The molecule has 0 radical (unpaired) electrons. The molecule has 3 heterocycles. The van der Waals surface area contributed by atoms with E-state index in [1.165, 1.54) is 5.56 Å². The fourth-order valence-corrected chi connectivity index (χ4v) is 5.50. The van der Waals surface area contributed by atoms with Gasteiger partial charge >= 0.3 is 0 Å². The van der Waals surface area contributed by atoms with Crippen LogP contribution in [0.1, 0.15) is 56.2 Å². The van der Waals surface area contributed by atoms with Crippen LogP contribution < -0.4 is 0 Å². The average Bonchev–Trinajstić information content (AvgIpc) is 3.16. The summed E-state index contributed by atoms with van der Waals surface area (Å²) < 4.78 is 0. The Morgan fingerprint density at radius 2 is 1.90 bits per heavy atom. The van der Waals surface area contributed by atoms with Crippen molar-refractivity contribution in [3.8, 4) is 11.4 Å². The summed E-state index contributed by atoms with van der Waals surface area (Å²) in [6.07, 6.45) is 9.14. The first-order chi connectivity index (χ1) is 15.1. The van der Waals surface area contributed by atoms with E-state index < -0.39 is 0 Å². The molecule has 2 fully saturated rings. The van der Waals surface area contributed by atoms with Crippen LogP contribution in [-0.2, 0) is 21.4 Å². The average molecular weight is 419 g/mol. The van der Waals surface area contributed by atoms with Crippen molar-refractivity contribution < 1.29 is 9.59 Å². The van der Waals surface area contributed by atoms with Crippen molar-refractivity contribution in [3.63, 3.8) is 0 Å². The molecule has 0 bridgehead atoms. The van der Waals surface area contributed by atoms with Crippen molar-refractivity contribution in [1.29, 1.82) is 0 Å². The first kappa shape index (κ1) is 20.2. The molecule has 2 aliphatic heterocycles. The number of carbonyl (C=O) groups excluding carboxylic acids is 2. The van der Waals surface area contributed by atoms with Crippen molar-refractivity contribution >= 4 is 11.8 Å². The number of nitrogens with zero attached hydrogens (tertiary/aromatic N) is 4. The molecule has 31 heavy (non-hydrogen) atoms. The largest absolute Gasteiger partial charge is 0.342 e. The summed E-state index contributed by atoms with van der Waals surface area (Å²) in [7, 11) is 0. The number of amides is 2. The van der Waals surface area contributed by atoms with Gasteiger partial charge in [-0.3, -0.25) is 9.59 Å². The number of hydrogen-bond donors (Lipinski definition) is 0. The SMILES string of the molecule is O=C1CCCCN1CCC(=O)N1CCCC2(CCc3cnc(-c4ccccc4)nc32)C1. The van der Waals surface area contributed by atoms with Crippen molar-refractivity contribution in [3.05, 3.63) is 47.8 Å². The number of piperidine rings is 2. The maximum atomic E-state index is 13.0. The summed E-state index contributed by atoms with van der Waals surface area (Å²) >= 11 is 0. The van der Waals surface area contributed by atoms with E-state index in [9.17, 15) is 9.59 Å². The van der Waals surface area contributed by atoms with E-state index in [1.807, 2.05) is 46.3 Å². The number of fused-ring (bicyclic) bond motifs is 2. The summed E-state index contributed by atoms with van der Waals surface area (Å²) in [6, 6.07) is 10.1. The minimum Gasteiger partial charge on any atom is -0.342 e. The lowest BCUT2D eigenvalue weighted by Crippen LogP contribution is -2.48. The second-order valence-electron chi connectivity index (χ2n) is 9.22. The molecule has 162 valence electrons. The summed E-state index contributed by atoms with van der Waals surface area (Å²) in [6.45, 7) is 2.89. The molecule has 2 saturated heterocycles. The second kappa shape index (κ2) is 8.40. The standard InChI is InChI=1S/C25H30N4O2/c30-21-9-4-5-14-28(21)16-11-22(31)29-15-6-12-25(18-29)13-10-20-17-26-24(27-23(20)25)19-7-2-1-3-8-19/h1-3,7-8,17H,4-6,9-16,18H2. The van der Waals surface area contributed by atoms with Crippen LogP contribution in [0.5, 0.6) is 0 Å². The van der Waals surface area contributed by atoms with Crippen LogP contribution in [0.2, 0.25) is 0 Å². The van der Waals surface area contributed by atoms with Gasteiger partial charge in [-0.15, -0.1) is 0 Å². The van der Waals surface area contributed by atoms with E-state index in [0.29, 0.717) is 19.4 Å². The second-order valence-corrected chi connectivity index (χ2v) is 9.22. The lowest BCUT2D eigenvalue weighted by atomic mass is 9.77. The molecule has 1 aromatic carbocycles. The number of likely N-dealkylation sites (tertiary alicyclic amines) is 2. The topological polar surface area (TPSA) is 66.4 Å². The van der Waals surface area contributed by atoms with Crippen molar-refractivity contribution in [2.45, 2.75) is 56.8 Å². The van der Waals surface area contributed by atoms with Crippen LogP contribution in [0.15, 0.2) is 36.5 Å². The van der Waals surface area contributed by atoms with Crippen LogP contribution in [0.25, 0.3) is 11.4 Å². The Bertz CT molecular complexity index is 973. The highest BCUT2D eigenvalue weighted by Gasteiger charge is 2.44. The molecule has 0 N–H and O–H groups in total. The van der Waals surface area contributed by atoms with E-state index >= 15 is 0 Å². The Labute approximate surface area is 183 Å². The van der Waals surface area contributed by atoms with Crippen molar-refractivity contribution in [2.75, 3.05) is 26.2 Å². The molecule has 3 aliphatic rings. The number of carbonyl (C=O) groups is 2. The molecule has 2 amide bonds. The van der Waals surface area contributed by atoms with Gasteiger partial charge in [0, 0.05) is 56.2 Å². The van der Waals surface area contributed by atoms with E-state index in [2.05, 4.69) is 4.98 Å². The summed E-state index contributed by atoms with van der Waals surface area (Å²) in [5.41, 5.74) is 3.34. The van der Waals surface area contributed by atoms with Gasteiger partial charge in [0.15, 0.2) is 5.82 Å². The monoisotopic (exact) mass is 418 g/mol. The van der Waals surface area contributed by atoms with Crippen molar-refractivity contribution in [1.82, 2.24) is 19.8 Å². The molecular weight excluding hydrogens is 388 g/mol. The quantitative estimate of drug-likeness (QED) is 0.764. The fraction of sp³-hybridized carbons (Fsp3) is 0.520. The number of aromatic nitrogens is 2. The highest BCUT2D eigenvalue weighted by atomic mass is 16.2. The van der Waals surface area contributed by atoms with Crippen LogP contribution in [0.3, 0.4) is 0 Å². The maximum Gasteiger partial charge on any atom is 0.224 e. The molecule has 1 aliphatic carbocycles. The molecule has 1 spiro atoms. The van der Waals surface area contributed by atoms with Gasteiger partial charge in [-0.1, -0.05) is 30.3 Å². The van der Waals surface area contributed by atoms with E-state index in [-0.39, 0.29) is 17.2 Å². The third-order valence-corrected chi connectivity index (χ3v) is 7.22. The first-order valence-corrected chi connectivity index (χ1v) is 11.6. The third kappa shape index (κ3) is 3.95. The molecule has 0 saturated carbocycles. The van der Waals surface area contributed by atoms with Gasteiger partial charge in [0.25, 0.3) is 0 Å². The fourth-order valence-electron chi connectivity index (χ4n) is 5.50. The number of hydrogen-bond acceptors (Lipinski definition) is 4. The van der Waals surface area contributed by atoms with Crippen LogP contribution in [-0.4, -0.2) is 57.8 Å². The smallest absolute Gasteiger partial charge is 0.224 e. The molecule has 5 rings (SSSR count). The van der Waals surface area contributed by atoms with Crippen LogP contribution in [0.4, 0.5) is 0 Å². The van der Waals surface area contributed by atoms with Crippen molar-refractivity contribution in [2.24, 2.45) is 0 Å². The van der Waals surface area contributed by atoms with E-state index in [0.717, 1.165) is 75.2 Å². The zero-order chi connectivity index (χ0) is 21.3. The predicted octanol–water partition coefficient (Wildman–Crippen LogP) is 3.35. The van der Waals surface area contributed by atoms with Crippen LogP contribution >= 0.6 is 0 Å². The van der Waals surface area contributed by atoms with Gasteiger partial charge < -0.3 is 9.80 Å². The Morgan fingerprint density at radius 3 is 2.74 bits per heavy atom. The highest BCUT2D eigenvalue weighted by molar-refractivity contribution is 5.79. The summed E-state index contributed by atoms with van der Waals surface area (Å²) in [5.74, 6) is 1.14. The zero-order valence-electron chi connectivity index (χ0n) is 18.1. The highest BCUT2D eigenvalue weighted by Crippen LogP contribution is 2.44. The third-order valence-electron chi connectivity index (χ3n) is 7.22. The molecular formula is C25H30N4O2. The first-order valence-electron chi connectivity index (χ1n) is 11.6. The van der Waals surface area contributed by atoms with Gasteiger partial charge in [-0.2, -0.15) is 0 Å². The van der Waals surface area contributed by atoms with Gasteiger partial charge in [-0.05, 0) is 44.1 Å². The van der Waals surface area contributed by atoms with E-state index in [1.54, 1.807) is 0 Å². The number of benzene rings is 1. The molecule has 1 unspecified atom stereocenters. The Hall–Kier alpha value is -2.76. The minimum absolute atomic E-state index is 0.0589. The zero-order valence-corrected chi connectivity index (χ0v) is 18.1. The number of rotatable bonds is 4. The van der Waals surface area contributed by atoms with Gasteiger partial charge in [0.05, 0.1) is 5.69 Å². The summed E-state index contributed by atoms with van der Waals surface area (Å²) in [4.78, 5) is 38.6. The lowest BCUT2D eigenvalue weighted by molar-refractivity contribution is -0.136. The Kier molecular flexibility index (Phi) is 5.47. The molecule has 6 heteroatoms. The van der Waals surface area contributed by atoms with Gasteiger partial charge in [-0.25, -0.2) is 9.97 Å². The van der Waals surface area contributed by atoms with Gasteiger partial charge in [0.1, 0.15) is 0 Å². The normalized spacial score (nSPS) is 23.3. The molecule has 6 nitrogen and oxygen atoms in total. The van der Waals surface area contributed by atoms with Crippen LogP contribution in [0, 0.1) is 0 Å². The van der Waals surface area contributed by atoms with Gasteiger partial charge in [0.2, 0.25) is 11.8 Å². The Balaban J connectivity index is 1.31. The predicted molar refractivity (Wildman–Crippen MR) is 118 cm³/mol. The molecule has 1 atom stereocenters. The maximum absolute atomic E-state index is 13.0. The van der Waals surface area contributed by atoms with E-state index in [4.69, 9.17) is 4.98 Å². The molecule has 2 aromatic rings. The summed E-state index contributed by atoms with van der Waals surface area (Å²) in [5, 5.41) is 0. The molecule has 1 aromatic heterocycles. The Morgan fingerprint density at radius 1 is 1.03 bits per heavy atom. The lowest BCUT2D eigenvalue weighted by Gasteiger charge is -2.41.